The number of rotatable bonds is 9. The normalized spacial score (nSPS) is 13.2. The molecular formula is C16H19FN4O7S2. The molecule has 2 aromatic heterocycles. The lowest BCUT2D eigenvalue weighted by Crippen LogP contribution is -2.24. The molecule has 30 heavy (non-hydrogen) atoms. The van der Waals surface area contributed by atoms with E-state index < -0.39 is 44.3 Å². The van der Waals surface area contributed by atoms with Gasteiger partial charge in [0.15, 0.2) is 6.10 Å². The van der Waals surface area contributed by atoms with Gasteiger partial charge in [0.05, 0.1) is 25.8 Å². The van der Waals surface area contributed by atoms with Crippen molar-refractivity contribution in [1.82, 2.24) is 9.97 Å². The number of aromatic nitrogens is 2. The number of hydrogen-bond donors (Lipinski definition) is 2. The molecule has 164 valence electrons. The van der Waals surface area contributed by atoms with Gasteiger partial charge in [-0.3, -0.25) is 9.59 Å². The fraction of sp³-hybridized carbons (Fsp3) is 0.375. The zero-order valence-electron chi connectivity index (χ0n) is 16.3. The van der Waals surface area contributed by atoms with Gasteiger partial charge in [-0.25, -0.2) is 17.5 Å². The van der Waals surface area contributed by atoms with Crippen LogP contribution in [0.3, 0.4) is 0 Å². The molecule has 0 bridgehead atoms. The fourth-order valence-corrected chi connectivity index (χ4v) is 4.94. The van der Waals surface area contributed by atoms with Crippen molar-refractivity contribution in [1.29, 1.82) is 0 Å². The van der Waals surface area contributed by atoms with Crippen LogP contribution < -0.4 is 19.9 Å². The number of thiophene rings is 1. The molecule has 11 nitrogen and oxygen atoms in total. The maximum Gasteiger partial charge on any atom is 0.303 e. The topological polar surface area (TPSA) is 160 Å². The summed E-state index contributed by atoms with van der Waals surface area (Å²) in [6.07, 6.45) is -3.52. The maximum atomic E-state index is 14.2. The molecular weight excluding hydrogens is 443 g/mol. The molecule has 0 aliphatic heterocycles. The van der Waals surface area contributed by atoms with E-state index >= 15 is 0 Å². The minimum absolute atomic E-state index is 0.0129. The van der Waals surface area contributed by atoms with Gasteiger partial charge in [0.25, 0.3) is 10.0 Å². The van der Waals surface area contributed by atoms with Crippen LogP contribution in [0.25, 0.3) is 0 Å². The van der Waals surface area contributed by atoms with Crippen LogP contribution in [0.1, 0.15) is 35.9 Å². The Kier molecular flexibility index (Phi) is 7.15. The van der Waals surface area contributed by atoms with Crippen molar-refractivity contribution in [2.45, 2.75) is 30.3 Å². The first-order chi connectivity index (χ1) is 14.0. The molecule has 0 saturated carbocycles. The SMILES string of the molecule is COc1cc(OC)nc(NS(=O)(=O)c2scc(C(N)=O)c2C(OC(C)=O)C(C)F)n1. The average Bonchev–Trinajstić information content (AvgIpc) is 3.11. The van der Waals surface area contributed by atoms with Gasteiger partial charge in [-0.2, -0.15) is 9.97 Å². The van der Waals surface area contributed by atoms with Crippen LogP contribution in [0.5, 0.6) is 11.8 Å². The summed E-state index contributed by atoms with van der Waals surface area (Å²) in [5, 5.41) is 1.14. The lowest BCUT2D eigenvalue weighted by atomic mass is 10.0. The van der Waals surface area contributed by atoms with Gasteiger partial charge >= 0.3 is 5.97 Å². The van der Waals surface area contributed by atoms with Gasteiger partial charge in [0.1, 0.15) is 10.4 Å². The number of ether oxygens (including phenoxy) is 3. The van der Waals surface area contributed by atoms with E-state index in [4.69, 9.17) is 19.9 Å². The summed E-state index contributed by atoms with van der Waals surface area (Å²) >= 11 is 0.596. The molecule has 0 spiro atoms. The minimum Gasteiger partial charge on any atom is -0.481 e. The summed E-state index contributed by atoms with van der Waals surface area (Å²) in [6.45, 7) is 2.07. The Bertz CT molecular complexity index is 1030. The Balaban J connectivity index is 2.60. The molecule has 2 aromatic rings. The highest BCUT2D eigenvalue weighted by atomic mass is 32.2. The molecule has 14 heteroatoms. The molecule has 3 N–H and O–H groups in total. The van der Waals surface area contributed by atoms with Gasteiger partial charge in [-0.1, -0.05) is 0 Å². The van der Waals surface area contributed by atoms with Crippen LogP contribution in [0, 0.1) is 0 Å². The Morgan fingerprint density at radius 1 is 1.23 bits per heavy atom. The summed E-state index contributed by atoms with van der Waals surface area (Å²) in [7, 11) is -1.84. The first-order valence-electron chi connectivity index (χ1n) is 8.22. The summed E-state index contributed by atoms with van der Waals surface area (Å²) in [5.74, 6) is -2.26. The van der Waals surface area contributed by atoms with E-state index in [1.807, 2.05) is 0 Å². The minimum atomic E-state index is -4.45. The van der Waals surface area contributed by atoms with E-state index in [9.17, 15) is 22.4 Å². The zero-order valence-corrected chi connectivity index (χ0v) is 18.0. The number of carbonyl (C=O) groups excluding carboxylic acids is 2. The maximum absolute atomic E-state index is 14.2. The van der Waals surface area contributed by atoms with Crippen molar-refractivity contribution in [3.8, 4) is 11.8 Å². The third-order valence-electron chi connectivity index (χ3n) is 3.62. The quantitative estimate of drug-likeness (QED) is 0.525. The van der Waals surface area contributed by atoms with Crippen LogP contribution in [0.4, 0.5) is 10.3 Å². The number of amides is 1. The number of alkyl halides is 1. The average molecular weight is 462 g/mol. The summed E-state index contributed by atoms with van der Waals surface area (Å²) in [4.78, 5) is 30.9. The van der Waals surface area contributed by atoms with Crippen LogP contribution in [-0.4, -0.2) is 50.7 Å². The number of esters is 1. The number of carbonyl (C=O) groups is 2. The highest BCUT2D eigenvalue weighted by Crippen LogP contribution is 2.37. The van der Waals surface area contributed by atoms with Crippen LogP contribution in [0.2, 0.25) is 0 Å². The second-order valence-electron chi connectivity index (χ2n) is 5.80. The van der Waals surface area contributed by atoms with Crippen molar-refractivity contribution < 1.29 is 36.6 Å². The molecule has 0 fully saturated rings. The van der Waals surface area contributed by atoms with Gasteiger partial charge < -0.3 is 19.9 Å². The summed E-state index contributed by atoms with van der Waals surface area (Å²) in [6, 6.07) is 1.32. The molecule has 0 aliphatic rings. The van der Waals surface area contributed by atoms with E-state index in [2.05, 4.69) is 14.7 Å². The van der Waals surface area contributed by atoms with E-state index in [0.29, 0.717) is 11.3 Å². The standard InChI is InChI=1S/C16H19FN4O7S2/c1-7(17)13(28-8(2)22)12-9(14(18)23)6-29-15(12)30(24,25)21-16-19-10(26-3)5-11(20-16)27-4/h5-7,13H,1-4H3,(H2,18,23)(H,19,20,21). The Morgan fingerprint density at radius 3 is 2.23 bits per heavy atom. The van der Waals surface area contributed by atoms with Crippen molar-refractivity contribution >= 4 is 39.2 Å². The van der Waals surface area contributed by atoms with Crippen molar-refractivity contribution in [2.24, 2.45) is 5.73 Å². The second kappa shape index (κ2) is 9.21. The lowest BCUT2D eigenvalue weighted by molar-refractivity contribution is -0.150. The molecule has 2 unspecified atom stereocenters. The number of nitrogens with two attached hydrogens (primary N) is 1. The van der Waals surface area contributed by atoms with Crippen LogP contribution in [-0.2, 0) is 19.6 Å². The summed E-state index contributed by atoms with van der Waals surface area (Å²) < 4.78 is 56.7. The zero-order chi connectivity index (χ0) is 22.6. The van der Waals surface area contributed by atoms with Gasteiger partial charge in [0.2, 0.25) is 23.6 Å². The predicted octanol–water partition coefficient (Wildman–Crippen LogP) is 1.42. The largest absolute Gasteiger partial charge is 0.481 e. The molecule has 0 saturated heterocycles. The van der Waals surface area contributed by atoms with Crippen molar-refractivity contribution in [2.75, 3.05) is 18.9 Å². The first-order valence-corrected chi connectivity index (χ1v) is 10.6. The van der Waals surface area contributed by atoms with Crippen molar-refractivity contribution in [3.05, 3.63) is 22.6 Å². The number of nitrogens with one attached hydrogen (secondary N) is 1. The fourth-order valence-electron chi connectivity index (χ4n) is 2.40. The van der Waals surface area contributed by atoms with Gasteiger partial charge in [-0.15, -0.1) is 11.3 Å². The molecule has 2 atom stereocenters. The smallest absolute Gasteiger partial charge is 0.303 e. The lowest BCUT2D eigenvalue weighted by Gasteiger charge is -2.20. The predicted molar refractivity (Wildman–Crippen MR) is 104 cm³/mol. The Morgan fingerprint density at radius 2 is 1.80 bits per heavy atom. The third-order valence-corrected chi connectivity index (χ3v) is 6.51. The molecule has 0 aliphatic carbocycles. The molecule has 2 rings (SSSR count). The van der Waals surface area contributed by atoms with Gasteiger partial charge in [0, 0.05) is 17.9 Å². The van der Waals surface area contributed by atoms with E-state index in [0.717, 1.165) is 19.2 Å². The van der Waals surface area contributed by atoms with Gasteiger partial charge in [-0.05, 0) is 6.92 Å². The second-order valence-corrected chi connectivity index (χ2v) is 8.56. The Labute approximate surface area is 175 Å². The number of sulfonamides is 1. The molecule has 2 heterocycles. The van der Waals surface area contributed by atoms with E-state index in [1.165, 1.54) is 20.3 Å². The number of methoxy groups -OCH3 is 2. The van der Waals surface area contributed by atoms with Crippen LogP contribution in [0.15, 0.2) is 15.7 Å². The molecule has 0 aromatic carbocycles. The number of halogens is 1. The van der Waals surface area contributed by atoms with E-state index in [1.54, 1.807) is 0 Å². The Hall–Kier alpha value is -3.00. The monoisotopic (exact) mass is 462 g/mol. The number of anilines is 1. The number of primary amides is 1. The van der Waals surface area contributed by atoms with Crippen LogP contribution >= 0.6 is 11.3 Å². The van der Waals surface area contributed by atoms with Crippen molar-refractivity contribution in [3.63, 3.8) is 0 Å². The number of nitrogens with zero attached hydrogens (tertiary/aromatic N) is 2. The highest BCUT2D eigenvalue weighted by Gasteiger charge is 2.36. The highest BCUT2D eigenvalue weighted by molar-refractivity contribution is 7.94. The molecule has 0 radical (unpaired) electrons. The first kappa shape index (κ1) is 23.3. The molecule has 1 amide bonds. The van der Waals surface area contributed by atoms with E-state index in [-0.39, 0.29) is 22.9 Å². The third kappa shape index (κ3) is 5.13. The summed E-state index contributed by atoms with van der Waals surface area (Å²) in [5.41, 5.74) is 4.63. The number of hydrogen-bond acceptors (Lipinski definition) is 10.